The minimum absolute atomic E-state index is 0. The van der Waals surface area contributed by atoms with E-state index in [1.165, 1.54) is 10.9 Å². The fourth-order valence-electron chi connectivity index (χ4n) is 1.10. The van der Waals surface area contributed by atoms with Crippen molar-refractivity contribution in [3.8, 4) is 5.88 Å². The lowest BCUT2D eigenvalue weighted by molar-refractivity contribution is 0.0521. The van der Waals surface area contributed by atoms with Crippen LogP contribution in [0.2, 0.25) is 0 Å². The summed E-state index contributed by atoms with van der Waals surface area (Å²) in [6.07, 6.45) is 1.42. The summed E-state index contributed by atoms with van der Waals surface area (Å²) in [4.78, 5) is 11.5. The number of rotatable bonds is 5. The topological polar surface area (TPSA) is 79.4 Å². The monoisotopic (exact) mass is 249 g/mol. The molecule has 0 bridgehead atoms. The molecule has 1 rings (SSSR count). The van der Waals surface area contributed by atoms with Gasteiger partial charge < -0.3 is 15.2 Å². The van der Waals surface area contributed by atoms with Crippen molar-refractivity contribution in [2.24, 2.45) is 12.8 Å². The van der Waals surface area contributed by atoms with Crippen molar-refractivity contribution in [3.63, 3.8) is 0 Å². The van der Waals surface area contributed by atoms with Crippen LogP contribution in [0.3, 0.4) is 0 Å². The van der Waals surface area contributed by atoms with Gasteiger partial charge in [0.15, 0.2) is 0 Å². The molecular weight excluding hydrogens is 234 g/mol. The first-order valence-electron chi connectivity index (χ1n) is 4.72. The number of esters is 1. The summed E-state index contributed by atoms with van der Waals surface area (Å²) in [5, 5.41) is 3.92. The van der Waals surface area contributed by atoms with Crippen LogP contribution in [-0.2, 0) is 11.8 Å². The Kier molecular flexibility index (Phi) is 6.52. The first-order chi connectivity index (χ1) is 7.20. The molecule has 92 valence electrons. The van der Waals surface area contributed by atoms with Gasteiger partial charge >= 0.3 is 5.97 Å². The quantitative estimate of drug-likeness (QED) is 0.762. The average molecular weight is 250 g/mol. The highest BCUT2D eigenvalue weighted by Crippen LogP contribution is 2.17. The number of halogens is 1. The van der Waals surface area contributed by atoms with Crippen molar-refractivity contribution in [2.45, 2.75) is 6.92 Å². The minimum Gasteiger partial charge on any atom is -0.476 e. The molecule has 1 aromatic rings. The van der Waals surface area contributed by atoms with Gasteiger partial charge in [-0.3, -0.25) is 0 Å². The van der Waals surface area contributed by atoms with E-state index in [0.29, 0.717) is 31.2 Å². The predicted octanol–water partition coefficient (Wildman–Crippen LogP) is 0.356. The Morgan fingerprint density at radius 3 is 2.88 bits per heavy atom. The van der Waals surface area contributed by atoms with Crippen LogP contribution in [0, 0.1) is 0 Å². The van der Waals surface area contributed by atoms with Crippen molar-refractivity contribution in [3.05, 3.63) is 11.8 Å². The molecule has 0 aliphatic carbocycles. The molecule has 1 heterocycles. The zero-order valence-corrected chi connectivity index (χ0v) is 10.1. The lowest BCUT2D eigenvalue weighted by atomic mass is 10.3. The smallest absolute Gasteiger partial charge is 0.345 e. The van der Waals surface area contributed by atoms with Crippen LogP contribution in [0.4, 0.5) is 0 Å². The van der Waals surface area contributed by atoms with Gasteiger partial charge in [-0.1, -0.05) is 0 Å². The Bertz CT molecular complexity index is 341. The molecule has 0 saturated carbocycles. The van der Waals surface area contributed by atoms with Gasteiger partial charge in [0.05, 0.1) is 12.8 Å². The van der Waals surface area contributed by atoms with E-state index >= 15 is 0 Å². The second kappa shape index (κ2) is 7.08. The molecule has 2 N–H and O–H groups in total. The fraction of sp³-hybridized carbons (Fsp3) is 0.556. The van der Waals surface area contributed by atoms with Crippen LogP contribution < -0.4 is 10.5 Å². The van der Waals surface area contributed by atoms with Gasteiger partial charge in [0.2, 0.25) is 5.88 Å². The van der Waals surface area contributed by atoms with Crippen LogP contribution in [0.1, 0.15) is 17.3 Å². The van der Waals surface area contributed by atoms with Gasteiger partial charge in [-0.2, -0.15) is 5.10 Å². The standard InChI is InChI=1S/C9H15N3O3.ClH/c1-3-14-9(13)7-6-11-12(2)8(7)15-5-4-10;/h6H,3-5,10H2,1-2H3;1H. The third-order valence-electron chi connectivity index (χ3n) is 1.74. The second-order valence-electron chi connectivity index (χ2n) is 2.84. The van der Waals surface area contributed by atoms with Crippen LogP contribution >= 0.6 is 12.4 Å². The van der Waals surface area contributed by atoms with Crippen molar-refractivity contribution < 1.29 is 14.3 Å². The van der Waals surface area contributed by atoms with E-state index < -0.39 is 5.97 Å². The van der Waals surface area contributed by atoms with Crippen molar-refractivity contribution in [1.29, 1.82) is 0 Å². The zero-order valence-electron chi connectivity index (χ0n) is 9.30. The summed E-state index contributed by atoms with van der Waals surface area (Å²) >= 11 is 0. The van der Waals surface area contributed by atoms with Gasteiger partial charge in [0, 0.05) is 13.6 Å². The molecule has 16 heavy (non-hydrogen) atoms. The summed E-state index contributed by atoms with van der Waals surface area (Å²) in [6.45, 7) is 2.79. The largest absolute Gasteiger partial charge is 0.476 e. The van der Waals surface area contributed by atoms with E-state index in [0.717, 1.165) is 0 Å². The van der Waals surface area contributed by atoms with Gasteiger partial charge in [0.1, 0.15) is 12.2 Å². The first-order valence-corrected chi connectivity index (χ1v) is 4.72. The highest BCUT2D eigenvalue weighted by Gasteiger charge is 2.18. The van der Waals surface area contributed by atoms with Gasteiger partial charge in [-0.25, -0.2) is 9.48 Å². The Labute approximate surface area is 100 Å². The molecule has 0 aliphatic rings. The normalized spacial score (nSPS) is 9.44. The lowest BCUT2D eigenvalue weighted by Gasteiger charge is -2.06. The van der Waals surface area contributed by atoms with Gasteiger partial charge in [0.25, 0.3) is 0 Å². The number of hydrogen-bond donors (Lipinski definition) is 1. The number of aryl methyl sites for hydroxylation is 1. The van der Waals surface area contributed by atoms with Crippen LogP contribution in [0.5, 0.6) is 5.88 Å². The minimum atomic E-state index is -0.433. The highest BCUT2D eigenvalue weighted by molar-refractivity contribution is 5.91. The molecule has 6 nitrogen and oxygen atoms in total. The maximum Gasteiger partial charge on any atom is 0.345 e. The number of aromatic nitrogens is 2. The number of nitrogens with zero attached hydrogens (tertiary/aromatic N) is 2. The molecule has 0 radical (unpaired) electrons. The van der Waals surface area contributed by atoms with Crippen molar-refractivity contribution in [2.75, 3.05) is 19.8 Å². The third-order valence-corrected chi connectivity index (χ3v) is 1.74. The number of nitrogens with two attached hydrogens (primary N) is 1. The summed E-state index contributed by atoms with van der Waals surface area (Å²) in [6, 6.07) is 0. The molecular formula is C9H16ClN3O3. The molecule has 0 aromatic carbocycles. The maximum absolute atomic E-state index is 11.5. The summed E-state index contributed by atoms with van der Waals surface area (Å²) in [5.74, 6) is -0.0449. The maximum atomic E-state index is 11.5. The SMILES string of the molecule is CCOC(=O)c1cnn(C)c1OCCN.Cl. The van der Waals surface area contributed by atoms with E-state index in [1.807, 2.05) is 0 Å². The first kappa shape index (κ1) is 14.7. The molecule has 1 aromatic heterocycles. The Morgan fingerprint density at radius 1 is 1.62 bits per heavy atom. The Morgan fingerprint density at radius 2 is 2.31 bits per heavy atom. The van der Waals surface area contributed by atoms with Crippen molar-refractivity contribution in [1.82, 2.24) is 9.78 Å². The second-order valence-corrected chi connectivity index (χ2v) is 2.84. The summed E-state index contributed by atoms with van der Waals surface area (Å²) in [7, 11) is 1.69. The molecule has 0 amide bonds. The average Bonchev–Trinajstić information content (AvgIpc) is 2.57. The zero-order chi connectivity index (χ0) is 11.3. The molecule has 0 aliphatic heterocycles. The molecule has 0 fully saturated rings. The van der Waals surface area contributed by atoms with E-state index in [9.17, 15) is 4.79 Å². The fourth-order valence-corrected chi connectivity index (χ4v) is 1.10. The van der Waals surface area contributed by atoms with E-state index in [1.54, 1.807) is 14.0 Å². The third kappa shape index (κ3) is 3.39. The summed E-state index contributed by atoms with van der Waals surface area (Å²) in [5.41, 5.74) is 5.64. The highest BCUT2D eigenvalue weighted by atomic mass is 35.5. The van der Waals surface area contributed by atoms with E-state index in [4.69, 9.17) is 15.2 Å². The predicted molar refractivity (Wildman–Crippen MR) is 61.0 cm³/mol. The Hall–Kier alpha value is -1.27. The van der Waals surface area contributed by atoms with Crippen LogP contribution in [-0.4, -0.2) is 35.5 Å². The molecule has 0 saturated heterocycles. The molecule has 7 heteroatoms. The lowest BCUT2D eigenvalue weighted by Crippen LogP contribution is -2.14. The number of carbonyl (C=O) groups is 1. The number of hydrogen-bond acceptors (Lipinski definition) is 5. The van der Waals surface area contributed by atoms with Gasteiger partial charge in [-0.15, -0.1) is 12.4 Å². The van der Waals surface area contributed by atoms with Crippen LogP contribution in [0.15, 0.2) is 6.20 Å². The molecule has 0 atom stereocenters. The van der Waals surface area contributed by atoms with E-state index in [2.05, 4.69) is 5.10 Å². The van der Waals surface area contributed by atoms with E-state index in [-0.39, 0.29) is 12.4 Å². The Balaban J connectivity index is 0.00000225. The van der Waals surface area contributed by atoms with Crippen LogP contribution in [0.25, 0.3) is 0 Å². The molecule has 0 spiro atoms. The molecule has 0 unspecified atom stereocenters. The van der Waals surface area contributed by atoms with Gasteiger partial charge in [-0.05, 0) is 6.92 Å². The summed E-state index contributed by atoms with van der Waals surface area (Å²) < 4.78 is 11.6. The van der Waals surface area contributed by atoms with Crippen molar-refractivity contribution >= 4 is 18.4 Å². The number of carbonyl (C=O) groups excluding carboxylic acids is 1. The number of ether oxygens (including phenoxy) is 2.